The van der Waals surface area contributed by atoms with E-state index in [-0.39, 0.29) is 0 Å². The molecule has 5 nitrogen and oxygen atoms in total. The number of rotatable bonds is 7. The molecule has 3 heterocycles. The Morgan fingerprint density at radius 3 is 2.61 bits per heavy atom. The first kappa shape index (κ1) is 22.9. The van der Waals surface area contributed by atoms with E-state index in [0.29, 0.717) is 10.9 Å². The van der Waals surface area contributed by atoms with Gasteiger partial charge in [-0.15, -0.1) is 0 Å². The van der Waals surface area contributed by atoms with Gasteiger partial charge < -0.3 is 10.2 Å². The van der Waals surface area contributed by atoms with Crippen molar-refractivity contribution < 1.29 is 0 Å². The van der Waals surface area contributed by atoms with Crippen LogP contribution in [-0.2, 0) is 0 Å². The number of likely N-dealkylation sites (tertiary alicyclic amines) is 1. The summed E-state index contributed by atoms with van der Waals surface area (Å²) in [5.74, 6) is 1.54. The van der Waals surface area contributed by atoms with Crippen molar-refractivity contribution in [2.24, 2.45) is 10.9 Å². The van der Waals surface area contributed by atoms with Crippen LogP contribution in [0, 0.1) is 5.92 Å². The van der Waals surface area contributed by atoms with Crippen LogP contribution < -0.4 is 5.32 Å². The normalized spacial score (nSPS) is 16.4. The summed E-state index contributed by atoms with van der Waals surface area (Å²) in [7, 11) is 0. The summed E-state index contributed by atoms with van der Waals surface area (Å²) < 4.78 is 1.83. The van der Waals surface area contributed by atoms with Gasteiger partial charge in [-0.3, -0.25) is 4.99 Å². The van der Waals surface area contributed by atoms with E-state index in [1.165, 1.54) is 6.42 Å². The van der Waals surface area contributed by atoms with Crippen LogP contribution in [-0.4, -0.2) is 33.5 Å². The van der Waals surface area contributed by atoms with E-state index in [1.54, 1.807) is 6.20 Å². The number of benzene rings is 1. The Kier molecular flexibility index (Phi) is 6.43. The first-order chi connectivity index (χ1) is 15.8. The Labute approximate surface area is 201 Å². The van der Waals surface area contributed by atoms with Gasteiger partial charge >= 0.3 is 0 Å². The Balaban J connectivity index is 1.78. The second-order valence-corrected chi connectivity index (χ2v) is 8.90. The van der Waals surface area contributed by atoms with Crippen LogP contribution in [0.1, 0.15) is 44.0 Å². The van der Waals surface area contributed by atoms with Crippen LogP contribution in [0.15, 0.2) is 67.3 Å². The second kappa shape index (κ2) is 9.28. The molecule has 2 aliphatic rings. The highest BCUT2D eigenvalue weighted by molar-refractivity contribution is 6.30. The molecule has 170 valence electrons. The minimum absolute atomic E-state index is 0.699. The lowest BCUT2D eigenvalue weighted by molar-refractivity contribution is 0.170. The van der Waals surface area contributed by atoms with Gasteiger partial charge in [0.05, 0.1) is 11.3 Å². The summed E-state index contributed by atoms with van der Waals surface area (Å²) in [6.45, 7) is 21.2. The van der Waals surface area contributed by atoms with Crippen molar-refractivity contribution >= 4 is 45.8 Å². The average molecular weight is 460 g/mol. The molecule has 0 atom stereocenters. The van der Waals surface area contributed by atoms with Gasteiger partial charge in [-0.05, 0) is 50.0 Å². The molecule has 0 bridgehead atoms. The molecule has 6 heteroatoms. The molecule has 0 aliphatic carbocycles. The van der Waals surface area contributed by atoms with Crippen molar-refractivity contribution in [2.45, 2.75) is 27.2 Å². The Hall–Kier alpha value is -3.31. The molecule has 2 aliphatic heterocycles. The molecule has 0 saturated carbocycles. The second-order valence-electron chi connectivity index (χ2n) is 8.47. The number of allylic oxidation sites excluding steroid dienone is 4. The monoisotopic (exact) mass is 459 g/mol. The SMILES string of the molecule is C=C(/C(C)=N\C=C/C)c1nn2c(c1C(=C)N1CC(CC)C1)NC(c1ccc(Cl)cc1)=CC2=C. The van der Waals surface area contributed by atoms with Crippen LogP contribution in [0.2, 0.25) is 5.02 Å². The largest absolute Gasteiger partial charge is 0.371 e. The van der Waals surface area contributed by atoms with Crippen molar-refractivity contribution in [3.8, 4) is 0 Å². The van der Waals surface area contributed by atoms with E-state index >= 15 is 0 Å². The maximum absolute atomic E-state index is 6.10. The van der Waals surface area contributed by atoms with Crippen LogP contribution in [0.3, 0.4) is 0 Å². The molecule has 1 aromatic carbocycles. The minimum atomic E-state index is 0.699. The van der Waals surface area contributed by atoms with Crippen molar-refractivity contribution in [3.63, 3.8) is 0 Å². The fraction of sp³-hybridized carbons (Fsp3) is 0.259. The van der Waals surface area contributed by atoms with E-state index in [2.05, 4.69) is 41.9 Å². The highest BCUT2D eigenvalue weighted by Gasteiger charge is 2.33. The highest BCUT2D eigenvalue weighted by atomic mass is 35.5. The number of aromatic nitrogens is 2. The first-order valence-electron chi connectivity index (χ1n) is 11.2. The van der Waals surface area contributed by atoms with Crippen molar-refractivity contribution in [3.05, 3.63) is 84.2 Å². The predicted molar refractivity (Wildman–Crippen MR) is 142 cm³/mol. The van der Waals surface area contributed by atoms with Crippen molar-refractivity contribution in [1.82, 2.24) is 14.7 Å². The summed E-state index contributed by atoms with van der Waals surface area (Å²) >= 11 is 6.10. The number of anilines is 1. The van der Waals surface area contributed by atoms with Crippen molar-refractivity contribution in [2.75, 3.05) is 18.4 Å². The molecule has 1 saturated heterocycles. The molecular formula is C27H30ClN5. The van der Waals surface area contributed by atoms with Gasteiger partial charge in [0.15, 0.2) is 0 Å². The first-order valence-corrected chi connectivity index (χ1v) is 11.6. The Bertz CT molecular complexity index is 1200. The number of hydrogen-bond donors (Lipinski definition) is 1. The van der Waals surface area contributed by atoms with Crippen LogP contribution >= 0.6 is 11.6 Å². The molecular weight excluding hydrogens is 430 g/mol. The Morgan fingerprint density at radius 2 is 1.97 bits per heavy atom. The molecule has 1 aromatic heterocycles. The molecule has 0 amide bonds. The van der Waals surface area contributed by atoms with E-state index < -0.39 is 0 Å². The molecule has 4 rings (SSSR count). The number of halogens is 1. The zero-order valence-corrected chi connectivity index (χ0v) is 20.3. The van der Waals surface area contributed by atoms with E-state index in [9.17, 15) is 0 Å². The summed E-state index contributed by atoms with van der Waals surface area (Å²) in [6, 6.07) is 7.74. The number of nitrogens with one attached hydrogen (secondary N) is 1. The smallest absolute Gasteiger partial charge is 0.144 e. The van der Waals surface area contributed by atoms with Crippen molar-refractivity contribution in [1.29, 1.82) is 0 Å². The predicted octanol–water partition coefficient (Wildman–Crippen LogP) is 6.79. The topological polar surface area (TPSA) is 45.5 Å². The van der Waals surface area contributed by atoms with Gasteiger partial charge in [-0.25, -0.2) is 4.68 Å². The lowest BCUT2D eigenvalue weighted by Gasteiger charge is -2.42. The average Bonchev–Trinajstić information content (AvgIpc) is 3.16. The summed E-state index contributed by atoms with van der Waals surface area (Å²) in [6.07, 6.45) is 6.82. The lowest BCUT2D eigenvalue weighted by Crippen LogP contribution is -2.44. The van der Waals surface area contributed by atoms with E-state index in [1.807, 2.05) is 54.9 Å². The molecule has 0 unspecified atom stereocenters. The molecule has 0 radical (unpaired) electrons. The Morgan fingerprint density at radius 1 is 1.27 bits per heavy atom. The fourth-order valence-electron chi connectivity index (χ4n) is 4.04. The van der Waals surface area contributed by atoms with Crippen LogP contribution in [0.5, 0.6) is 0 Å². The van der Waals surface area contributed by atoms with E-state index in [4.69, 9.17) is 16.7 Å². The standard InChI is InChI=1S/C27H30ClN5/c1-7-13-29-19(5)18(4)26-25(20(6)32-15-21(8-2)16-32)27-30-24(14-17(3)33(27)31-26)22-9-11-23(28)12-10-22/h7,9-14,21,30H,3-4,6,8,15-16H2,1-2,5H3/b13-7-,29-19-. The van der Waals surface area contributed by atoms with Crippen LogP contribution in [0.4, 0.5) is 5.82 Å². The van der Waals surface area contributed by atoms with Gasteiger partial charge in [0.25, 0.3) is 0 Å². The van der Waals surface area contributed by atoms with Gasteiger partial charge in [-0.2, -0.15) is 5.10 Å². The lowest BCUT2D eigenvalue weighted by atomic mass is 9.94. The highest BCUT2D eigenvalue weighted by Crippen LogP contribution is 2.41. The number of fused-ring (bicyclic) bond motifs is 1. The molecule has 1 N–H and O–H groups in total. The van der Waals surface area contributed by atoms with Gasteiger partial charge in [0, 0.05) is 47.0 Å². The quantitative estimate of drug-likeness (QED) is 0.463. The van der Waals surface area contributed by atoms with Gasteiger partial charge in [-0.1, -0.05) is 56.5 Å². The maximum atomic E-state index is 6.10. The van der Waals surface area contributed by atoms with Gasteiger partial charge in [0.2, 0.25) is 0 Å². The fourth-order valence-corrected chi connectivity index (χ4v) is 4.17. The minimum Gasteiger partial charge on any atom is -0.371 e. The van der Waals surface area contributed by atoms with E-state index in [0.717, 1.165) is 64.1 Å². The number of hydrogen-bond acceptors (Lipinski definition) is 4. The zero-order valence-electron chi connectivity index (χ0n) is 19.5. The zero-order chi connectivity index (χ0) is 23.7. The molecule has 1 fully saturated rings. The summed E-state index contributed by atoms with van der Waals surface area (Å²) in [4.78, 5) is 6.81. The molecule has 0 spiro atoms. The van der Waals surface area contributed by atoms with Gasteiger partial charge in [0.1, 0.15) is 11.5 Å². The summed E-state index contributed by atoms with van der Waals surface area (Å²) in [5, 5.41) is 9.17. The third-order valence-corrected chi connectivity index (χ3v) is 6.47. The third-order valence-electron chi connectivity index (χ3n) is 6.22. The maximum Gasteiger partial charge on any atom is 0.144 e. The third kappa shape index (κ3) is 4.33. The number of aliphatic imine (C=N–C) groups is 1. The summed E-state index contributed by atoms with van der Waals surface area (Å²) in [5.41, 5.74) is 6.93. The van der Waals surface area contributed by atoms with Crippen LogP contribution in [0.25, 0.3) is 22.7 Å². The number of nitrogens with zero attached hydrogens (tertiary/aromatic N) is 4. The molecule has 2 aromatic rings. The molecule has 33 heavy (non-hydrogen) atoms.